The summed E-state index contributed by atoms with van der Waals surface area (Å²) in [5, 5.41) is 12.2. The van der Waals surface area contributed by atoms with E-state index >= 15 is 0 Å². The highest BCUT2D eigenvalue weighted by Crippen LogP contribution is 2.56. The molecule has 1 aromatic rings. The predicted molar refractivity (Wildman–Crippen MR) is 165 cm³/mol. The second-order valence-corrected chi connectivity index (χ2v) is 14.4. The fourth-order valence-corrected chi connectivity index (χ4v) is 10.1. The molecule has 4 fully saturated rings. The quantitative estimate of drug-likeness (QED) is 0.360. The van der Waals surface area contributed by atoms with Crippen molar-refractivity contribution in [2.45, 2.75) is 109 Å². The molecule has 0 bridgehead atoms. The molecule has 6 aliphatic rings. The number of methoxy groups -OCH3 is 1. The van der Waals surface area contributed by atoms with E-state index in [0.717, 1.165) is 44.4 Å². The molecule has 6 heteroatoms. The first-order chi connectivity index (χ1) is 20.9. The van der Waals surface area contributed by atoms with Crippen molar-refractivity contribution >= 4 is 5.97 Å². The largest absolute Gasteiger partial charge is 0.492 e. The third-order valence-electron chi connectivity index (χ3n) is 12.2. The molecule has 0 amide bonds. The van der Waals surface area contributed by atoms with E-state index in [9.17, 15) is 9.90 Å². The van der Waals surface area contributed by atoms with Gasteiger partial charge in [0.15, 0.2) is 11.5 Å². The van der Waals surface area contributed by atoms with Crippen molar-refractivity contribution in [2.24, 2.45) is 29.1 Å². The number of benzene rings is 1. The molecule has 7 rings (SSSR count). The van der Waals surface area contributed by atoms with Crippen LogP contribution in [0.4, 0.5) is 0 Å². The Balaban J connectivity index is 1.20. The van der Waals surface area contributed by atoms with Crippen molar-refractivity contribution in [3.05, 3.63) is 70.6 Å². The van der Waals surface area contributed by atoms with E-state index in [2.05, 4.69) is 48.2 Å². The Kier molecular flexibility index (Phi) is 7.96. The lowest BCUT2D eigenvalue weighted by atomic mass is 9.70. The van der Waals surface area contributed by atoms with Crippen LogP contribution in [0.1, 0.15) is 90.0 Å². The van der Waals surface area contributed by atoms with Crippen LogP contribution in [0.25, 0.3) is 0 Å². The molecule has 232 valence electrons. The smallest absolute Gasteiger partial charge is 0.343 e. The summed E-state index contributed by atoms with van der Waals surface area (Å²) in [6, 6.07) is 11.3. The van der Waals surface area contributed by atoms with Gasteiger partial charge >= 0.3 is 5.97 Å². The van der Waals surface area contributed by atoms with Gasteiger partial charge in [0.2, 0.25) is 5.76 Å². The number of carbonyl (C=O) groups excluding carboxylic acids is 1. The van der Waals surface area contributed by atoms with Crippen LogP contribution in [0.15, 0.2) is 65.0 Å². The molecule has 0 radical (unpaired) electrons. The maximum Gasteiger partial charge on any atom is 0.343 e. The lowest BCUT2D eigenvalue weighted by molar-refractivity contribution is -0.133. The summed E-state index contributed by atoms with van der Waals surface area (Å²) in [5.74, 6) is 3.56. The molecule has 7 atom stereocenters. The molecule has 7 unspecified atom stereocenters. The van der Waals surface area contributed by atoms with E-state index in [4.69, 9.17) is 14.2 Å². The number of rotatable bonds is 6. The van der Waals surface area contributed by atoms with Crippen LogP contribution in [-0.4, -0.2) is 47.8 Å². The van der Waals surface area contributed by atoms with Gasteiger partial charge in [0.05, 0.1) is 18.8 Å². The number of piperidine rings is 1. The highest BCUT2D eigenvalue weighted by molar-refractivity contribution is 5.93. The van der Waals surface area contributed by atoms with Gasteiger partial charge in [0.25, 0.3) is 0 Å². The van der Waals surface area contributed by atoms with Gasteiger partial charge in [-0.2, -0.15) is 0 Å². The van der Waals surface area contributed by atoms with E-state index in [1.807, 2.05) is 0 Å². The third-order valence-corrected chi connectivity index (χ3v) is 12.2. The summed E-state index contributed by atoms with van der Waals surface area (Å²) < 4.78 is 17.9. The predicted octanol–water partition coefficient (Wildman–Crippen LogP) is 7.05. The molecule has 1 N–H and O–H groups in total. The molecule has 0 aromatic heterocycles. The van der Waals surface area contributed by atoms with Crippen LogP contribution < -0.4 is 0 Å². The first-order valence-corrected chi connectivity index (χ1v) is 17.0. The number of esters is 1. The minimum atomic E-state index is -0.367. The molecule has 6 nitrogen and oxygen atoms in total. The Morgan fingerprint density at radius 3 is 2.63 bits per heavy atom. The molecular formula is C37H49NO5. The zero-order valence-corrected chi connectivity index (χ0v) is 26.2. The van der Waals surface area contributed by atoms with Gasteiger partial charge in [0.1, 0.15) is 5.76 Å². The van der Waals surface area contributed by atoms with Gasteiger partial charge in [-0.25, -0.2) is 4.79 Å². The first kappa shape index (κ1) is 29.2. The van der Waals surface area contributed by atoms with Crippen molar-refractivity contribution in [1.82, 2.24) is 4.90 Å². The van der Waals surface area contributed by atoms with E-state index in [1.165, 1.54) is 50.5 Å². The Bertz CT molecular complexity index is 1300. The fourth-order valence-electron chi connectivity index (χ4n) is 10.1. The highest BCUT2D eigenvalue weighted by atomic mass is 16.6. The van der Waals surface area contributed by atoms with Crippen molar-refractivity contribution < 1.29 is 24.1 Å². The normalized spacial score (nSPS) is 36.2. The number of hydrogen-bond donors (Lipinski definition) is 1. The maximum absolute atomic E-state index is 12.5. The number of carbonyl (C=O) groups is 1. The van der Waals surface area contributed by atoms with Crippen LogP contribution in [0.5, 0.6) is 0 Å². The van der Waals surface area contributed by atoms with Crippen LogP contribution in [-0.2, 0) is 25.4 Å². The number of aliphatic hydroxyl groups is 1. The molecule has 4 heterocycles. The second kappa shape index (κ2) is 11.7. The van der Waals surface area contributed by atoms with Crippen LogP contribution in [0.3, 0.4) is 0 Å². The SMILES string of the molecule is COC1=C(C)C(=O)OC1=C1OC2=CCCN3C(C(O)CC4CCCC45CCCC5)CC(Cc4ccccc4)CC3C2C1C. The Hall–Kier alpha value is -2.57. The molecule has 2 saturated carbocycles. The third kappa shape index (κ3) is 5.16. The van der Waals surface area contributed by atoms with Crippen LogP contribution in [0.2, 0.25) is 0 Å². The Morgan fingerprint density at radius 2 is 1.86 bits per heavy atom. The Morgan fingerprint density at radius 1 is 1.09 bits per heavy atom. The molecule has 4 aliphatic heterocycles. The van der Waals surface area contributed by atoms with Crippen molar-refractivity contribution in [1.29, 1.82) is 0 Å². The zero-order chi connectivity index (χ0) is 29.7. The van der Waals surface area contributed by atoms with Gasteiger partial charge in [-0.1, -0.05) is 56.5 Å². The molecule has 2 saturated heterocycles. The summed E-state index contributed by atoms with van der Waals surface area (Å²) in [6.45, 7) is 4.90. The molecule has 2 aliphatic carbocycles. The number of aliphatic hydroxyl groups excluding tert-OH is 1. The van der Waals surface area contributed by atoms with E-state index in [0.29, 0.717) is 40.1 Å². The minimum Gasteiger partial charge on any atom is -0.492 e. The number of cyclic esters (lactones) is 1. The average molecular weight is 588 g/mol. The highest BCUT2D eigenvalue weighted by Gasteiger charge is 2.52. The zero-order valence-electron chi connectivity index (χ0n) is 26.2. The van der Waals surface area contributed by atoms with Gasteiger partial charge in [-0.15, -0.1) is 0 Å². The summed E-state index contributed by atoms with van der Waals surface area (Å²) in [6.07, 6.45) is 16.3. The van der Waals surface area contributed by atoms with Crippen molar-refractivity contribution in [2.75, 3.05) is 13.7 Å². The number of nitrogens with zero attached hydrogens (tertiary/aromatic N) is 1. The summed E-state index contributed by atoms with van der Waals surface area (Å²) in [5.41, 5.74) is 2.35. The van der Waals surface area contributed by atoms with E-state index in [1.54, 1.807) is 14.0 Å². The van der Waals surface area contributed by atoms with Crippen molar-refractivity contribution in [3.63, 3.8) is 0 Å². The standard InChI is InChI=1S/C37H49NO5/c1-23-32-29-21-26(19-25-11-5-4-6-12-25)20-28(30(39)22-27-13-9-17-37(27)15-7-8-16-37)38(29)18-10-14-31(32)42-34(23)35-33(41-3)24(2)36(40)43-35/h4-6,11-12,14,23,26-30,32,39H,7-10,13,15-22H2,1-3H3. The average Bonchev–Trinajstić information content (AvgIpc) is 3.75. The van der Waals surface area contributed by atoms with Gasteiger partial charge in [-0.3, -0.25) is 4.90 Å². The van der Waals surface area contributed by atoms with Crippen LogP contribution in [0, 0.1) is 29.1 Å². The van der Waals surface area contributed by atoms with Gasteiger partial charge < -0.3 is 19.3 Å². The second-order valence-electron chi connectivity index (χ2n) is 14.4. The van der Waals surface area contributed by atoms with E-state index < -0.39 is 0 Å². The Labute approximate surface area is 257 Å². The summed E-state index contributed by atoms with van der Waals surface area (Å²) in [7, 11) is 1.58. The molecular weight excluding hydrogens is 538 g/mol. The summed E-state index contributed by atoms with van der Waals surface area (Å²) in [4.78, 5) is 15.2. The number of allylic oxidation sites excluding steroid dienone is 1. The molecule has 43 heavy (non-hydrogen) atoms. The van der Waals surface area contributed by atoms with Gasteiger partial charge in [0, 0.05) is 30.5 Å². The number of hydrogen-bond acceptors (Lipinski definition) is 6. The van der Waals surface area contributed by atoms with E-state index in [-0.39, 0.29) is 36.0 Å². The summed E-state index contributed by atoms with van der Waals surface area (Å²) >= 11 is 0. The van der Waals surface area contributed by atoms with Crippen molar-refractivity contribution in [3.8, 4) is 0 Å². The monoisotopic (exact) mass is 587 g/mol. The maximum atomic E-state index is 12.5. The molecule has 1 spiro atoms. The molecule has 1 aromatic carbocycles. The lowest BCUT2D eigenvalue weighted by Crippen LogP contribution is -2.57. The number of ether oxygens (including phenoxy) is 3. The minimum absolute atomic E-state index is 0.0283. The topological polar surface area (TPSA) is 68.2 Å². The fraction of sp³-hybridized carbons (Fsp3) is 0.649. The first-order valence-electron chi connectivity index (χ1n) is 17.0. The van der Waals surface area contributed by atoms with Gasteiger partial charge in [-0.05, 0) is 93.6 Å². The number of fused-ring (bicyclic) bond motifs is 3. The van der Waals surface area contributed by atoms with Crippen LogP contribution >= 0.6 is 0 Å². The lowest BCUT2D eigenvalue weighted by Gasteiger charge is -2.49.